The van der Waals surface area contributed by atoms with Gasteiger partial charge in [-0.25, -0.2) is 0 Å². The number of rotatable bonds is 10. The molecular weight excluding hydrogens is 292 g/mol. The van der Waals surface area contributed by atoms with Crippen molar-refractivity contribution in [2.75, 3.05) is 33.3 Å². The Hall–Kier alpha value is -2.24. The summed E-state index contributed by atoms with van der Waals surface area (Å²) in [7, 11) is 1.72. The Labute approximate surface area is 138 Å². The molecule has 1 amide bonds. The zero-order valence-electron chi connectivity index (χ0n) is 14.1. The molecule has 0 fully saturated rings. The van der Waals surface area contributed by atoms with Crippen LogP contribution in [-0.2, 0) is 4.79 Å². The van der Waals surface area contributed by atoms with Gasteiger partial charge in [0, 0.05) is 33.1 Å². The van der Waals surface area contributed by atoms with Crippen molar-refractivity contribution in [2.24, 2.45) is 4.99 Å². The Balaban J connectivity index is 2.06. The van der Waals surface area contributed by atoms with Crippen LogP contribution in [-0.4, -0.2) is 45.2 Å². The van der Waals surface area contributed by atoms with Gasteiger partial charge in [-0.2, -0.15) is 0 Å². The van der Waals surface area contributed by atoms with Crippen molar-refractivity contribution in [3.05, 3.63) is 30.3 Å². The summed E-state index contributed by atoms with van der Waals surface area (Å²) in [6.07, 6.45) is 2.26. The molecule has 0 aliphatic carbocycles. The number of aliphatic imine (C=N–C) groups is 1. The minimum atomic E-state index is 0.0612. The van der Waals surface area contributed by atoms with Gasteiger partial charge in [0.1, 0.15) is 5.75 Å². The van der Waals surface area contributed by atoms with Crippen molar-refractivity contribution in [3.63, 3.8) is 0 Å². The van der Waals surface area contributed by atoms with Crippen LogP contribution in [0.4, 0.5) is 0 Å². The highest BCUT2D eigenvalue weighted by molar-refractivity contribution is 5.81. The zero-order valence-corrected chi connectivity index (χ0v) is 14.1. The van der Waals surface area contributed by atoms with Crippen molar-refractivity contribution < 1.29 is 9.53 Å². The predicted molar refractivity (Wildman–Crippen MR) is 93.8 cm³/mol. The summed E-state index contributed by atoms with van der Waals surface area (Å²) in [4.78, 5) is 15.6. The third-order valence-corrected chi connectivity index (χ3v) is 3.07. The molecule has 0 atom stereocenters. The normalized spacial score (nSPS) is 11.0. The molecule has 0 aromatic heterocycles. The molecule has 128 valence electrons. The number of carbonyl (C=O) groups is 1. The second-order valence-corrected chi connectivity index (χ2v) is 5.04. The Morgan fingerprint density at radius 3 is 2.52 bits per heavy atom. The molecule has 6 heteroatoms. The lowest BCUT2D eigenvalue weighted by Crippen LogP contribution is -2.40. The fourth-order valence-corrected chi connectivity index (χ4v) is 1.85. The average molecular weight is 320 g/mol. The van der Waals surface area contributed by atoms with Crippen LogP contribution in [0.15, 0.2) is 35.3 Å². The van der Waals surface area contributed by atoms with Gasteiger partial charge in [-0.05, 0) is 25.0 Å². The topological polar surface area (TPSA) is 74.8 Å². The van der Waals surface area contributed by atoms with Gasteiger partial charge >= 0.3 is 0 Å². The van der Waals surface area contributed by atoms with Crippen LogP contribution in [0, 0.1) is 0 Å². The van der Waals surface area contributed by atoms with Gasteiger partial charge < -0.3 is 20.7 Å². The Kier molecular flexibility index (Phi) is 10.1. The van der Waals surface area contributed by atoms with Gasteiger partial charge in [-0.15, -0.1) is 0 Å². The van der Waals surface area contributed by atoms with Gasteiger partial charge in [0.25, 0.3) is 0 Å². The summed E-state index contributed by atoms with van der Waals surface area (Å²) in [5.41, 5.74) is 0. The van der Waals surface area contributed by atoms with Crippen molar-refractivity contribution in [1.29, 1.82) is 0 Å². The summed E-state index contributed by atoms with van der Waals surface area (Å²) in [6, 6.07) is 9.76. The van der Waals surface area contributed by atoms with Crippen LogP contribution in [0.25, 0.3) is 0 Å². The molecule has 0 bridgehead atoms. The zero-order chi connectivity index (χ0) is 16.8. The number of nitrogens with one attached hydrogen (secondary N) is 3. The molecule has 0 heterocycles. The highest BCUT2D eigenvalue weighted by Crippen LogP contribution is 2.07. The maximum Gasteiger partial charge on any atom is 0.221 e. The van der Waals surface area contributed by atoms with Crippen LogP contribution >= 0.6 is 0 Å². The first-order chi connectivity index (χ1) is 11.3. The third kappa shape index (κ3) is 9.39. The number of hydrogen-bond donors (Lipinski definition) is 3. The Bertz CT molecular complexity index is 463. The summed E-state index contributed by atoms with van der Waals surface area (Å²) in [5, 5.41) is 9.17. The molecule has 0 saturated carbocycles. The van der Waals surface area contributed by atoms with Crippen LogP contribution in [0.2, 0.25) is 0 Å². The Morgan fingerprint density at radius 2 is 1.83 bits per heavy atom. The SMILES string of the molecule is CCCNC(=O)CCNC(=NC)NCCCOc1ccccc1. The Morgan fingerprint density at radius 1 is 1.09 bits per heavy atom. The summed E-state index contributed by atoms with van der Waals surface area (Å²) in [5.74, 6) is 1.65. The fraction of sp³-hybridized carbons (Fsp3) is 0.529. The van der Waals surface area contributed by atoms with E-state index in [1.54, 1.807) is 7.05 Å². The third-order valence-electron chi connectivity index (χ3n) is 3.07. The molecule has 0 radical (unpaired) electrons. The lowest BCUT2D eigenvalue weighted by molar-refractivity contribution is -0.120. The molecular formula is C17H28N4O2. The van der Waals surface area contributed by atoms with Crippen molar-refractivity contribution in [2.45, 2.75) is 26.2 Å². The molecule has 1 rings (SSSR count). The second-order valence-electron chi connectivity index (χ2n) is 5.04. The number of benzene rings is 1. The van der Waals surface area contributed by atoms with E-state index < -0.39 is 0 Å². The molecule has 0 unspecified atom stereocenters. The lowest BCUT2D eigenvalue weighted by Gasteiger charge is -2.12. The molecule has 0 aliphatic rings. The molecule has 1 aromatic rings. The standard InChI is InChI=1S/C17H28N4O2/c1-3-11-19-16(22)10-13-21-17(18-2)20-12-7-14-23-15-8-5-4-6-9-15/h4-6,8-9H,3,7,10-14H2,1-2H3,(H,19,22)(H2,18,20,21). The predicted octanol–water partition coefficient (Wildman–Crippen LogP) is 1.54. The highest BCUT2D eigenvalue weighted by atomic mass is 16.5. The van der Waals surface area contributed by atoms with Gasteiger partial charge in [0.2, 0.25) is 5.91 Å². The molecule has 0 spiro atoms. The quantitative estimate of drug-likeness (QED) is 0.347. The molecule has 0 saturated heterocycles. The van der Waals surface area contributed by atoms with Gasteiger partial charge in [0.15, 0.2) is 5.96 Å². The number of carbonyl (C=O) groups excluding carboxylic acids is 1. The molecule has 0 aliphatic heterocycles. The van der Waals surface area contributed by atoms with Crippen LogP contribution in [0.3, 0.4) is 0 Å². The van der Waals surface area contributed by atoms with Crippen LogP contribution in [0.1, 0.15) is 26.2 Å². The lowest BCUT2D eigenvalue weighted by atomic mass is 10.3. The van der Waals surface area contributed by atoms with Crippen molar-refractivity contribution in [3.8, 4) is 5.75 Å². The molecule has 6 nitrogen and oxygen atoms in total. The smallest absolute Gasteiger partial charge is 0.221 e. The summed E-state index contributed by atoms with van der Waals surface area (Å²) >= 11 is 0. The van der Waals surface area contributed by atoms with Crippen LogP contribution in [0.5, 0.6) is 5.75 Å². The number of amides is 1. The first-order valence-corrected chi connectivity index (χ1v) is 8.15. The number of hydrogen-bond acceptors (Lipinski definition) is 3. The van der Waals surface area contributed by atoms with Crippen molar-refractivity contribution in [1.82, 2.24) is 16.0 Å². The average Bonchev–Trinajstić information content (AvgIpc) is 2.59. The number of para-hydroxylation sites is 1. The molecule has 23 heavy (non-hydrogen) atoms. The monoisotopic (exact) mass is 320 g/mol. The molecule has 3 N–H and O–H groups in total. The first-order valence-electron chi connectivity index (χ1n) is 8.15. The maximum absolute atomic E-state index is 11.5. The van der Waals surface area contributed by atoms with E-state index in [0.29, 0.717) is 25.5 Å². The molecule has 1 aromatic carbocycles. The highest BCUT2D eigenvalue weighted by Gasteiger charge is 2.01. The van der Waals surface area contributed by atoms with E-state index in [4.69, 9.17) is 4.74 Å². The number of nitrogens with zero attached hydrogens (tertiary/aromatic N) is 1. The largest absolute Gasteiger partial charge is 0.494 e. The van der Waals surface area contributed by atoms with Crippen molar-refractivity contribution >= 4 is 11.9 Å². The fourth-order valence-electron chi connectivity index (χ4n) is 1.85. The van der Waals surface area contributed by atoms with Gasteiger partial charge in [0.05, 0.1) is 6.61 Å². The maximum atomic E-state index is 11.5. The van der Waals surface area contributed by atoms with E-state index >= 15 is 0 Å². The minimum Gasteiger partial charge on any atom is -0.494 e. The van der Waals surface area contributed by atoms with E-state index in [9.17, 15) is 4.79 Å². The minimum absolute atomic E-state index is 0.0612. The summed E-state index contributed by atoms with van der Waals surface area (Å²) in [6.45, 7) is 4.73. The van der Waals surface area contributed by atoms with E-state index in [2.05, 4.69) is 20.9 Å². The van der Waals surface area contributed by atoms with E-state index in [-0.39, 0.29) is 5.91 Å². The van der Waals surface area contributed by atoms with Crippen LogP contribution < -0.4 is 20.7 Å². The first kappa shape index (κ1) is 18.8. The second kappa shape index (κ2) is 12.3. The van der Waals surface area contributed by atoms with Gasteiger partial charge in [-0.1, -0.05) is 25.1 Å². The van der Waals surface area contributed by atoms with E-state index in [0.717, 1.165) is 31.7 Å². The number of guanidine groups is 1. The van der Waals surface area contributed by atoms with E-state index in [1.165, 1.54) is 0 Å². The number of ether oxygens (including phenoxy) is 1. The van der Waals surface area contributed by atoms with E-state index in [1.807, 2.05) is 37.3 Å². The van der Waals surface area contributed by atoms with Gasteiger partial charge in [-0.3, -0.25) is 9.79 Å². The summed E-state index contributed by atoms with van der Waals surface area (Å²) < 4.78 is 5.62.